The Hall–Kier alpha value is -2.53. The van der Waals surface area contributed by atoms with Crippen molar-refractivity contribution in [2.24, 2.45) is 0 Å². The van der Waals surface area contributed by atoms with Crippen LogP contribution in [0.5, 0.6) is 0 Å². The molecular weight excluding hydrogens is 378 g/mol. The summed E-state index contributed by atoms with van der Waals surface area (Å²) in [6.45, 7) is 2.08. The van der Waals surface area contributed by atoms with E-state index < -0.39 is 0 Å². The lowest BCUT2D eigenvalue weighted by atomic mass is 9.95. The van der Waals surface area contributed by atoms with Gasteiger partial charge < -0.3 is 5.32 Å². The molecule has 1 heterocycles. The molecule has 150 valence electrons. The first-order chi connectivity index (χ1) is 14.2. The highest BCUT2D eigenvalue weighted by molar-refractivity contribution is 7.99. The number of nitrogens with one attached hydrogen (secondary N) is 1. The van der Waals surface area contributed by atoms with Crippen LogP contribution in [0.4, 0.5) is 0 Å². The second kappa shape index (κ2) is 9.31. The summed E-state index contributed by atoms with van der Waals surface area (Å²) in [6, 6.07) is 18.9. The van der Waals surface area contributed by atoms with Crippen molar-refractivity contribution in [1.29, 1.82) is 0 Å². The maximum Gasteiger partial charge on any atom is 0.230 e. The number of nitrogens with zero attached hydrogens (tertiary/aromatic N) is 2. The van der Waals surface area contributed by atoms with E-state index >= 15 is 0 Å². The Morgan fingerprint density at radius 2 is 1.79 bits per heavy atom. The van der Waals surface area contributed by atoms with Gasteiger partial charge in [-0.05, 0) is 31.9 Å². The Morgan fingerprint density at radius 3 is 2.52 bits per heavy atom. The van der Waals surface area contributed by atoms with Crippen LogP contribution in [0, 0.1) is 6.92 Å². The van der Waals surface area contributed by atoms with Crippen molar-refractivity contribution in [3.05, 3.63) is 66.4 Å². The van der Waals surface area contributed by atoms with Crippen molar-refractivity contribution >= 4 is 17.7 Å². The van der Waals surface area contributed by atoms with Crippen molar-refractivity contribution < 1.29 is 4.79 Å². The molecule has 1 fully saturated rings. The van der Waals surface area contributed by atoms with Crippen molar-refractivity contribution in [1.82, 2.24) is 14.9 Å². The van der Waals surface area contributed by atoms with Gasteiger partial charge in [0, 0.05) is 23.5 Å². The molecule has 1 aromatic heterocycles. The zero-order chi connectivity index (χ0) is 20.1. The number of hydrogen-bond donors (Lipinski definition) is 1. The minimum absolute atomic E-state index is 0.0987. The van der Waals surface area contributed by atoms with Crippen LogP contribution in [0.15, 0.2) is 66.0 Å². The van der Waals surface area contributed by atoms with Crippen molar-refractivity contribution in [2.45, 2.75) is 50.2 Å². The molecule has 1 aliphatic carbocycles. The molecule has 4 rings (SSSR count). The number of aryl methyl sites for hydroxylation is 1. The van der Waals surface area contributed by atoms with Crippen LogP contribution in [0.2, 0.25) is 0 Å². The molecule has 1 saturated carbocycles. The number of benzene rings is 2. The number of carbonyl (C=O) groups is 1. The largest absolute Gasteiger partial charge is 0.353 e. The summed E-state index contributed by atoms with van der Waals surface area (Å²) in [5.41, 5.74) is 4.27. The van der Waals surface area contributed by atoms with Crippen LogP contribution >= 0.6 is 11.8 Å². The standard InChI is InChI=1S/C24H27N3OS/c1-18-12-14-21(15-13-18)27-16-22(19-8-4-2-5-9-19)26-24(27)29-17-23(28)25-20-10-6-3-7-11-20/h2,4-5,8-9,12-16,20H,3,6-7,10-11,17H2,1H3,(H,25,28). The molecule has 4 nitrogen and oxygen atoms in total. The maximum atomic E-state index is 12.5. The SMILES string of the molecule is Cc1ccc(-n2cc(-c3ccccc3)nc2SCC(=O)NC2CCCCC2)cc1. The van der Waals surface area contributed by atoms with Crippen LogP contribution in [-0.4, -0.2) is 27.3 Å². The van der Waals surface area contributed by atoms with Gasteiger partial charge in [-0.2, -0.15) is 0 Å². The van der Waals surface area contributed by atoms with E-state index in [0.29, 0.717) is 11.8 Å². The summed E-state index contributed by atoms with van der Waals surface area (Å²) >= 11 is 1.50. The molecule has 0 atom stereocenters. The van der Waals surface area contributed by atoms with Crippen molar-refractivity contribution in [3.8, 4) is 16.9 Å². The zero-order valence-electron chi connectivity index (χ0n) is 16.8. The molecule has 0 saturated heterocycles. The lowest BCUT2D eigenvalue weighted by Gasteiger charge is -2.22. The molecule has 3 aromatic rings. The molecule has 0 spiro atoms. The second-order valence-electron chi connectivity index (χ2n) is 7.67. The highest BCUT2D eigenvalue weighted by atomic mass is 32.2. The number of rotatable bonds is 6. The normalized spacial score (nSPS) is 14.7. The lowest BCUT2D eigenvalue weighted by molar-refractivity contribution is -0.119. The first kappa shape index (κ1) is 19.8. The Bertz CT molecular complexity index is 944. The summed E-state index contributed by atoms with van der Waals surface area (Å²) < 4.78 is 2.08. The fourth-order valence-corrected chi connectivity index (χ4v) is 4.55. The molecule has 5 heteroatoms. The fourth-order valence-electron chi connectivity index (χ4n) is 3.75. The minimum Gasteiger partial charge on any atom is -0.353 e. The number of hydrogen-bond acceptors (Lipinski definition) is 3. The summed E-state index contributed by atoms with van der Waals surface area (Å²) in [5.74, 6) is 0.481. The average Bonchev–Trinajstić information content (AvgIpc) is 3.18. The van der Waals surface area contributed by atoms with E-state index in [1.807, 2.05) is 18.2 Å². The summed E-state index contributed by atoms with van der Waals surface area (Å²) in [7, 11) is 0. The highest BCUT2D eigenvalue weighted by Crippen LogP contribution is 2.27. The summed E-state index contributed by atoms with van der Waals surface area (Å²) in [5, 5.41) is 4.04. The molecule has 0 bridgehead atoms. The Kier molecular flexibility index (Phi) is 6.35. The molecule has 0 unspecified atom stereocenters. The number of aromatic nitrogens is 2. The Morgan fingerprint density at radius 1 is 1.07 bits per heavy atom. The summed E-state index contributed by atoms with van der Waals surface area (Å²) in [6.07, 6.45) is 7.99. The van der Waals surface area contributed by atoms with E-state index in [0.717, 1.165) is 34.9 Å². The predicted molar refractivity (Wildman–Crippen MR) is 119 cm³/mol. The maximum absolute atomic E-state index is 12.5. The third kappa shape index (κ3) is 5.10. The van der Waals surface area contributed by atoms with E-state index in [9.17, 15) is 4.79 Å². The third-order valence-corrected chi connectivity index (χ3v) is 6.31. The number of imidazole rings is 1. The molecule has 0 radical (unpaired) electrons. The van der Waals surface area contributed by atoms with Crippen LogP contribution < -0.4 is 5.32 Å². The number of carbonyl (C=O) groups excluding carboxylic acids is 1. The van der Waals surface area contributed by atoms with Crippen molar-refractivity contribution in [2.75, 3.05) is 5.75 Å². The van der Waals surface area contributed by atoms with Crippen LogP contribution in [0.3, 0.4) is 0 Å². The number of thioether (sulfide) groups is 1. The van der Waals surface area contributed by atoms with Gasteiger partial charge in [0.25, 0.3) is 0 Å². The van der Waals surface area contributed by atoms with E-state index in [1.165, 1.54) is 36.6 Å². The van der Waals surface area contributed by atoms with E-state index in [4.69, 9.17) is 4.98 Å². The number of amides is 1. The van der Waals surface area contributed by atoms with Gasteiger partial charge in [0.2, 0.25) is 5.91 Å². The second-order valence-corrected chi connectivity index (χ2v) is 8.61. The van der Waals surface area contributed by atoms with E-state index in [1.54, 1.807) is 0 Å². The molecule has 1 amide bonds. The van der Waals surface area contributed by atoms with Gasteiger partial charge in [0.15, 0.2) is 5.16 Å². The molecular formula is C24H27N3OS. The van der Waals surface area contributed by atoms with E-state index in [-0.39, 0.29) is 5.91 Å². The van der Waals surface area contributed by atoms with Gasteiger partial charge in [0.1, 0.15) is 0 Å². The molecule has 2 aromatic carbocycles. The zero-order valence-corrected chi connectivity index (χ0v) is 17.6. The van der Waals surface area contributed by atoms with Crippen molar-refractivity contribution in [3.63, 3.8) is 0 Å². The first-order valence-corrected chi connectivity index (χ1v) is 11.3. The quantitative estimate of drug-likeness (QED) is 0.560. The van der Waals surface area contributed by atoms with Crippen LogP contribution in [0.1, 0.15) is 37.7 Å². The molecule has 1 N–H and O–H groups in total. The van der Waals surface area contributed by atoms with Gasteiger partial charge in [-0.3, -0.25) is 9.36 Å². The Balaban J connectivity index is 1.53. The molecule has 1 aliphatic rings. The average molecular weight is 406 g/mol. The van der Waals surface area contributed by atoms with Gasteiger partial charge in [-0.15, -0.1) is 0 Å². The van der Waals surface area contributed by atoms with Crippen LogP contribution in [-0.2, 0) is 4.79 Å². The smallest absolute Gasteiger partial charge is 0.230 e. The molecule has 29 heavy (non-hydrogen) atoms. The van der Waals surface area contributed by atoms with E-state index in [2.05, 4.69) is 59.4 Å². The monoisotopic (exact) mass is 405 g/mol. The van der Waals surface area contributed by atoms with Crippen LogP contribution in [0.25, 0.3) is 16.9 Å². The minimum atomic E-state index is 0.0987. The third-order valence-electron chi connectivity index (χ3n) is 5.36. The first-order valence-electron chi connectivity index (χ1n) is 10.3. The topological polar surface area (TPSA) is 46.9 Å². The van der Waals surface area contributed by atoms with Gasteiger partial charge in [-0.25, -0.2) is 4.98 Å². The van der Waals surface area contributed by atoms with Gasteiger partial charge >= 0.3 is 0 Å². The summed E-state index contributed by atoms with van der Waals surface area (Å²) in [4.78, 5) is 17.3. The molecule has 0 aliphatic heterocycles. The van der Waals surface area contributed by atoms with Gasteiger partial charge in [0.05, 0.1) is 11.4 Å². The Labute approximate surface area is 176 Å². The highest BCUT2D eigenvalue weighted by Gasteiger charge is 2.17. The predicted octanol–water partition coefficient (Wildman–Crippen LogP) is 5.39. The van der Waals surface area contributed by atoms with Gasteiger partial charge in [-0.1, -0.05) is 79.1 Å². The lowest BCUT2D eigenvalue weighted by Crippen LogP contribution is -2.37. The fraction of sp³-hybridized carbons (Fsp3) is 0.333.